The third kappa shape index (κ3) is 2.77. The van der Waals surface area contributed by atoms with Crippen LogP contribution in [0.3, 0.4) is 0 Å². The fourth-order valence-corrected chi connectivity index (χ4v) is 2.99. The maximum atomic E-state index is 13.0. The number of benzene rings is 1. The molecule has 0 spiro atoms. The molecule has 0 aromatic heterocycles. The molecule has 0 N–H and O–H groups in total. The number of hydrogen-bond donors (Lipinski definition) is 0. The lowest BCUT2D eigenvalue weighted by atomic mass is 9.67. The molecule has 2 rings (SSSR count). The van der Waals surface area contributed by atoms with Crippen LogP contribution in [0.2, 0.25) is 0 Å². The highest BCUT2D eigenvalue weighted by Crippen LogP contribution is 2.42. The van der Waals surface area contributed by atoms with Crippen molar-refractivity contribution in [3.8, 4) is 0 Å². The van der Waals surface area contributed by atoms with Crippen molar-refractivity contribution in [3.05, 3.63) is 47.8 Å². The second-order valence-electron chi connectivity index (χ2n) is 5.12. The molecule has 1 fully saturated rings. The average molecular weight is 232 g/mol. The van der Waals surface area contributed by atoms with Crippen LogP contribution in [0.15, 0.2) is 36.4 Å². The van der Waals surface area contributed by atoms with Gasteiger partial charge in [-0.05, 0) is 49.3 Å². The van der Waals surface area contributed by atoms with Crippen molar-refractivity contribution in [3.63, 3.8) is 0 Å². The monoisotopic (exact) mass is 232 g/mol. The van der Waals surface area contributed by atoms with Gasteiger partial charge in [-0.3, -0.25) is 0 Å². The maximum Gasteiger partial charge on any atom is 0.123 e. The zero-order valence-electron chi connectivity index (χ0n) is 10.6. The predicted octanol–water partition coefficient (Wildman–Crippen LogP) is 4.99. The second kappa shape index (κ2) is 5.48. The van der Waals surface area contributed by atoms with Crippen molar-refractivity contribution < 1.29 is 4.39 Å². The van der Waals surface area contributed by atoms with Crippen LogP contribution < -0.4 is 0 Å². The zero-order valence-corrected chi connectivity index (χ0v) is 10.6. The third-order valence-corrected chi connectivity index (χ3v) is 4.01. The summed E-state index contributed by atoms with van der Waals surface area (Å²) in [7, 11) is 0. The Bertz CT molecular complexity index is 369. The molecular weight excluding hydrogens is 211 g/mol. The SMILES string of the molecule is C/C=C/CC1(c2ccc(F)cc2)CCCCC1. The molecule has 0 amide bonds. The van der Waals surface area contributed by atoms with Crippen LogP contribution in [0.25, 0.3) is 0 Å². The van der Waals surface area contributed by atoms with Gasteiger partial charge in [0.2, 0.25) is 0 Å². The van der Waals surface area contributed by atoms with Gasteiger partial charge in [-0.25, -0.2) is 4.39 Å². The summed E-state index contributed by atoms with van der Waals surface area (Å²) in [5, 5.41) is 0. The van der Waals surface area contributed by atoms with E-state index in [1.54, 1.807) is 12.1 Å². The van der Waals surface area contributed by atoms with E-state index in [4.69, 9.17) is 0 Å². The lowest BCUT2D eigenvalue weighted by Gasteiger charge is -2.37. The third-order valence-electron chi connectivity index (χ3n) is 4.01. The molecule has 0 heterocycles. The van der Waals surface area contributed by atoms with Crippen molar-refractivity contribution in [1.29, 1.82) is 0 Å². The molecule has 0 aliphatic heterocycles. The molecule has 0 unspecified atom stereocenters. The first-order valence-electron chi connectivity index (χ1n) is 6.64. The summed E-state index contributed by atoms with van der Waals surface area (Å²) >= 11 is 0. The molecule has 92 valence electrons. The van der Waals surface area contributed by atoms with Gasteiger partial charge in [0.05, 0.1) is 0 Å². The Morgan fingerprint density at radius 2 is 1.76 bits per heavy atom. The van der Waals surface area contributed by atoms with Crippen LogP contribution in [0, 0.1) is 5.82 Å². The molecule has 1 saturated carbocycles. The Morgan fingerprint density at radius 3 is 2.35 bits per heavy atom. The van der Waals surface area contributed by atoms with E-state index >= 15 is 0 Å². The van der Waals surface area contributed by atoms with E-state index in [-0.39, 0.29) is 11.2 Å². The molecule has 1 aliphatic rings. The molecule has 17 heavy (non-hydrogen) atoms. The van der Waals surface area contributed by atoms with Crippen molar-refractivity contribution >= 4 is 0 Å². The van der Waals surface area contributed by atoms with Gasteiger partial charge in [-0.1, -0.05) is 43.5 Å². The van der Waals surface area contributed by atoms with Gasteiger partial charge in [0.15, 0.2) is 0 Å². The highest BCUT2D eigenvalue weighted by atomic mass is 19.1. The summed E-state index contributed by atoms with van der Waals surface area (Å²) in [6.45, 7) is 2.07. The van der Waals surface area contributed by atoms with E-state index in [9.17, 15) is 4.39 Å². The lowest BCUT2D eigenvalue weighted by Crippen LogP contribution is -2.28. The molecule has 0 bridgehead atoms. The molecule has 1 aliphatic carbocycles. The summed E-state index contributed by atoms with van der Waals surface area (Å²) in [5.41, 5.74) is 1.58. The average Bonchev–Trinajstić information content (AvgIpc) is 2.38. The zero-order chi connectivity index (χ0) is 12.1. The Hall–Kier alpha value is -1.11. The molecular formula is C16H21F. The minimum atomic E-state index is -0.134. The molecule has 0 atom stereocenters. The van der Waals surface area contributed by atoms with Crippen LogP contribution in [0.5, 0.6) is 0 Å². The molecule has 0 saturated heterocycles. The Morgan fingerprint density at radius 1 is 1.12 bits per heavy atom. The summed E-state index contributed by atoms with van der Waals surface area (Å²) < 4.78 is 13.0. The van der Waals surface area contributed by atoms with Gasteiger partial charge in [0.25, 0.3) is 0 Å². The molecule has 1 aromatic carbocycles. The first-order chi connectivity index (χ1) is 8.27. The van der Waals surface area contributed by atoms with Crippen LogP contribution in [0.4, 0.5) is 4.39 Å². The minimum Gasteiger partial charge on any atom is -0.207 e. The van der Waals surface area contributed by atoms with E-state index in [1.165, 1.54) is 37.7 Å². The van der Waals surface area contributed by atoms with E-state index in [2.05, 4.69) is 19.1 Å². The second-order valence-corrected chi connectivity index (χ2v) is 5.12. The van der Waals surface area contributed by atoms with Gasteiger partial charge in [0.1, 0.15) is 5.82 Å². The van der Waals surface area contributed by atoms with E-state index in [0.29, 0.717) is 0 Å². The predicted molar refractivity (Wildman–Crippen MR) is 70.6 cm³/mol. The Balaban J connectivity index is 2.28. The van der Waals surface area contributed by atoms with Gasteiger partial charge >= 0.3 is 0 Å². The van der Waals surface area contributed by atoms with Crippen molar-refractivity contribution in [1.82, 2.24) is 0 Å². The Labute approximate surface area is 104 Å². The smallest absolute Gasteiger partial charge is 0.123 e. The summed E-state index contributed by atoms with van der Waals surface area (Å²) in [5.74, 6) is -0.134. The largest absolute Gasteiger partial charge is 0.207 e. The van der Waals surface area contributed by atoms with Gasteiger partial charge in [-0.15, -0.1) is 0 Å². The van der Waals surface area contributed by atoms with Gasteiger partial charge < -0.3 is 0 Å². The van der Waals surface area contributed by atoms with Crippen LogP contribution in [-0.2, 0) is 5.41 Å². The quantitative estimate of drug-likeness (QED) is 0.644. The van der Waals surface area contributed by atoms with Crippen LogP contribution in [-0.4, -0.2) is 0 Å². The van der Waals surface area contributed by atoms with Crippen LogP contribution >= 0.6 is 0 Å². The fourth-order valence-electron chi connectivity index (χ4n) is 2.99. The lowest BCUT2D eigenvalue weighted by molar-refractivity contribution is 0.294. The molecule has 1 aromatic rings. The van der Waals surface area contributed by atoms with E-state index < -0.39 is 0 Å². The highest BCUT2D eigenvalue weighted by molar-refractivity contribution is 5.27. The van der Waals surface area contributed by atoms with Crippen LogP contribution in [0.1, 0.15) is 51.0 Å². The van der Waals surface area contributed by atoms with Crippen molar-refractivity contribution in [2.45, 2.75) is 50.9 Å². The van der Waals surface area contributed by atoms with Gasteiger partial charge in [0, 0.05) is 0 Å². The first kappa shape index (κ1) is 12.3. The number of rotatable bonds is 3. The topological polar surface area (TPSA) is 0 Å². The molecule has 0 radical (unpaired) electrons. The standard InChI is InChI=1S/C16H21F/c1-2-3-11-16(12-5-4-6-13-16)14-7-9-15(17)10-8-14/h2-3,7-10H,4-6,11-13H2,1H3/b3-2+. The minimum absolute atomic E-state index is 0.134. The number of allylic oxidation sites excluding steroid dienone is 2. The van der Waals surface area contributed by atoms with E-state index in [0.717, 1.165) is 6.42 Å². The Kier molecular flexibility index (Phi) is 3.98. The van der Waals surface area contributed by atoms with Gasteiger partial charge in [-0.2, -0.15) is 0 Å². The molecule has 1 heteroatoms. The summed E-state index contributed by atoms with van der Waals surface area (Å²) in [6, 6.07) is 7.15. The molecule has 0 nitrogen and oxygen atoms in total. The summed E-state index contributed by atoms with van der Waals surface area (Å²) in [6.07, 6.45) is 11.9. The maximum absolute atomic E-state index is 13.0. The van der Waals surface area contributed by atoms with E-state index in [1.807, 2.05) is 12.1 Å². The summed E-state index contributed by atoms with van der Waals surface area (Å²) in [4.78, 5) is 0. The number of halogens is 1. The fraction of sp³-hybridized carbons (Fsp3) is 0.500. The highest BCUT2D eigenvalue weighted by Gasteiger charge is 2.32. The van der Waals surface area contributed by atoms with Crippen molar-refractivity contribution in [2.24, 2.45) is 0 Å². The van der Waals surface area contributed by atoms with Crippen molar-refractivity contribution in [2.75, 3.05) is 0 Å². The number of hydrogen-bond acceptors (Lipinski definition) is 0. The normalized spacial score (nSPS) is 19.6. The first-order valence-corrected chi connectivity index (χ1v) is 6.64.